The molecule has 7 heteroatoms. The highest BCUT2D eigenvalue weighted by atomic mass is 32.2. The highest BCUT2D eigenvalue weighted by Gasteiger charge is 2.09. The summed E-state index contributed by atoms with van der Waals surface area (Å²) < 4.78 is 24.7. The fourth-order valence-electron chi connectivity index (χ4n) is 3.45. The Bertz CT molecular complexity index is 1210. The van der Waals surface area contributed by atoms with Gasteiger partial charge in [-0.05, 0) is 74.7 Å². The van der Waals surface area contributed by atoms with Gasteiger partial charge in [0.25, 0.3) is 0 Å². The number of hydrogen-bond acceptors (Lipinski definition) is 3. The summed E-state index contributed by atoms with van der Waals surface area (Å²) in [7, 11) is -3.69. The van der Waals surface area contributed by atoms with Crippen LogP contribution in [0.2, 0.25) is 0 Å². The van der Waals surface area contributed by atoms with Crippen LogP contribution in [0.4, 0.5) is 0 Å². The SMILES string of the molecule is Cc1ccc(-n2c(C)cc(/C=C/C(=O)NCCc3ccc(S(N)(=O)=O)cc3)c2C)cc1. The highest BCUT2D eigenvalue weighted by molar-refractivity contribution is 7.89. The van der Waals surface area contributed by atoms with Crippen molar-refractivity contribution in [2.24, 2.45) is 5.14 Å². The zero-order valence-corrected chi connectivity index (χ0v) is 18.7. The van der Waals surface area contributed by atoms with Gasteiger partial charge in [0.1, 0.15) is 0 Å². The normalized spacial score (nSPS) is 11.7. The molecule has 3 rings (SSSR count). The lowest BCUT2D eigenvalue weighted by molar-refractivity contribution is -0.116. The van der Waals surface area contributed by atoms with Gasteiger partial charge in [-0.25, -0.2) is 13.6 Å². The molecule has 0 radical (unpaired) electrons. The van der Waals surface area contributed by atoms with E-state index in [1.165, 1.54) is 23.8 Å². The van der Waals surface area contributed by atoms with Gasteiger partial charge >= 0.3 is 0 Å². The number of aryl methyl sites for hydroxylation is 2. The molecule has 1 aromatic heterocycles. The number of nitrogens with zero attached hydrogens (tertiary/aromatic N) is 1. The van der Waals surface area contributed by atoms with Crippen molar-refractivity contribution in [3.8, 4) is 5.69 Å². The molecule has 0 unspecified atom stereocenters. The molecule has 0 saturated carbocycles. The Kier molecular flexibility index (Phi) is 6.77. The van der Waals surface area contributed by atoms with Crippen molar-refractivity contribution >= 4 is 22.0 Å². The van der Waals surface area contributed by atoms with Gasteiger partial charge in [0, 0.05) is 29.7 Å². The first-order valence-electron chi connectivity index (χ1n) is 9.99. The Labute approximate surface area is 183 Å². The number of rotatable bonds is 7. The number of carbonyl (C=O) groups is 1. The smallest absolute Gasteiger partial charge is 0.244 e. The fraction of sp³-hybridized carbons (Fsp3) is 0.208. The molecule has 0 aliphatic carbocycles. The van der Waals surface area contributed by atoms with E-state index in [0.29, 0.717) is 13.0 Å². The third-order valence-electron chi connectivity index (χ3n) is 5.14. The second-order valence-corrected chi connectivity index (χ2v) is 9.12. The molecule has 162 valence electrons. The van der Waals surface area contributed by atoms with Crippen molar-refractivity contribution in [2.75, 3.05) is 6.54 Å². The third kappa shape index (κ3) is 5.71. The number of aromatic nitrogens is 1. The predicted molar refractivity (Wildman–Crippen MR) is 124 cm³/mol. The Balaban J connectivity index is 1.59. The molecule has 0 bridgehead atoms. The van der Waals surface area contributed by atoms with Crippen molar-refractivity contribution in [1.29, 1.82) is 0 Å². The average Bonchev–Trinajstić information content (AvgIpc) is 3.00. The van der Waals surface area contributed by atoms with Crippen LogP contribution in [0.1, 0.15) is 28.1 Å². The molecular weight excluding hydrogens is 410 g/mol. The van der Waals surface area contributed by atoms with E-state index in [1.807, 2.05) is 19.9 Å². The zero-order valence-electron chi connectivity index (χ0n) is 17.9. The van der Waals surface area contributed by atoms with E-state index < -0.39 is 10.0 Å². The van der Waals surface area contributed by atoms with Crippen molar-refractivity contribution in [2.45, 2.75) is 32.1 Å². The van der Waals surface area contributed by atoms with Crippen LogP contribution in [-0.2, 0) is 21.2 Å². The maximum Gasteiger partial charge on any atom is 0.244 e. The summed E-state index contributed by atoms with van der Waals surface area (Å²) in [5, 5.41) is 7.94. The predicted octanol–water partition coefficient (Wildman–Crippen LogP) is 3.42. The molecule has 31 heavy (non-hydrogen) atoms. The van der Waals surface area contributed by atoms with E-state index >= 15 is 0 Å². The summed E-state index contributed by atoms with van der Waals surface area (Å²) >= 11 is 0. The Hall–Kier alpha value is -3.16. The minimum atomic E-state index is -3.69. The third-order valence-corrected chi connectivity index (χ3v) is 6.07. The van der Waals surface area contributed by atoms with Crippen LogP contribution in [0.25, 0.3) is 11.8 Å². The molecule has 1 heterocycles. The molecule has 3 aromatic rings. The Morgan fingerprint density at radius 1 is 1.03 bits per heavy atom. The quantitative estimate of drug-likeness (QED) is 0.555. The number of carbonyl (C=O) groups excluding carboxylic acids is 1. The molecular formula is C24H27N3O3S. The first-order valence-corrected chi connectivity index (χ1v) is 11.5. The van der Waals surface area contributed by atoms with Crippen LogP contribution in [0.15, 0.2) is 65.6 Å². The number of primary sulfonamides is 1. The van der Waals surface area contributed by atoms with Crippen LogP contribution in [0, 0.1) is 20.8 Å². The summed E-state index contributed by atoms with van der Waals surface area (Å²) in [4.78, 5) is 12.3. The molecule has 0 aliphatic rings. The second-order valence-electron chi connectivity index (χ2n) is 7.56. The molecule has 1 amide bonds. The maximum atomic E-state index is 12.2. The molecule has 6 nitrogen and oxygen atoms in total. The average molecular weight is 438 g/mol. The minimum absolute atomic E-state index is 0.0754. The van der Waals surface area contributed by atoms with Crippen molar-refractivity contribution in [3.05, 3.63) is 88.8 Å². The molecule has 0 fully saturated rings. The largest absolute Gasteiger partial charge is 0.352 e. The van der Waals surface area contributed by atoms with Gasteiger partial charge in [-0.2, -0.15) is 0 Å². The van der Waals surface area contributed by atoms with E-state index in [0.717, 1.165) is 28.2 Å². The zero-order chi connectivity index (χ0) is 22.6. The fourth-order valence-corrected chi connectivity index (χ4v) is 3.96. The molecule has 0 atom stereocenters. The number of sulfonamides is 1. The monoisotopic (exact) mass is 437 g/mol. The first kappa shape index (κ1) is 22.5. The Morgan fingerprint density at radius 3 is 2.29 bits per heavy atom. The van der Waals surface area contributed by atoms with Crippen LogP contribution < -0.4 is 10.5 Å². The van der Waals surface area contributed by atoms with Crippen molar-refractivity contribution in [1.82, 2.24) is 9.88 Å². The van der Waals surface area contributed by atoms with Crippen LogP contribution in [0.3, 0.4) is 0 Å². The molecule has 2 aromatic carbocycles. The lowest BCUT2D eigenvalue weighted by atomic mass is 10.1. The first-order chi connectivity index (χ1) is 14.6. The summed E-state index contributed by atoms with van der Waals surface area (Å²) in [6.45, 7) is 6.59. The number of nitrogens with two attached hydrogens (primary N) is 1. The highest BCUT2D eigenvalue weighted by Crippen LogP contribution is 2.22. The van der Waals surface area contributed by atoms with E-state index in [4.69, 9.17) is 5.14 Å². The van der Waals surface area contributed by atoms with Gasteiger partial charge in [0.15, 0.2) is 0 Å². The lowest BCUT2D eigenvalue weighted by Gasteiger charge is -2.09. The van der Waals surface area contributed by atoms with Crippen LogP contribution >= 0.6 is 0 Å². The molecule has 0 spiro atoms. The van der Waals surface area contributed by atoms with E-state index in [-0.39, 0.29) is 10.8 Å². The number of hydrogen-bond donors (Lipinski definition) is 2. The van der Waals surface area contributed by atoms with E-state index in [1.54, 1.807) is 12.1 Å². The summed E-state index contributed by atoms with van der Waals surface area (Å²) in [6.07, 6.45) is 3.95. The summed E-state index contributed by atoms with van der Waals surface area (Å²) in [5.41, 5.74) is 6.39. The maximum absolute atomic E-state index is 12.2. The minimum Gasteiger partial charge on any atom is -0.352 e. The topological polar surface area (TPSA) is 94.2 Å². The van der Waals surface area contributed by atoms with Gasteiger partial charge < -0.3 is 9.88 Å². The van der Waals surface area contributed by atoms with Crippen molar-refractivity contribution in [3.63, 3.8) is 0 Å². The molecule has 0 saturated heterocycles. The van der Waals surface area contributed by atoms with Crippen molar-refractivity contribution < 1.29 is 13.2 Å². The van der Waals surface area contributed by atoms with Gasteiger partial charge in [0.2, 0.25) is 15.9 Å². The lowest BCUT2D eigenvalue weighted by Crippen LogP contribution is -2.23. The van der Waals surface area contributed by atoms with E-state index in [9.17, 15) is 13.2 Å². The van der Waals surface area contributed by atoms with E-state index in [2.05, 4.69) is 47.1 Å². The van der Waals surface area contributed by atoms with Gasteiger partial charge in [-0.3, -0.25) is 4.79 Å². The van der Waals surface area contributed by atoms with Crippen LogP contribution in [-0.4, -0.2) is 25.4 Å². The van der Waals surface area contributed by atoms with Crippen LogP contribution in [0.5, 0.6) is 0 Å². The number of amides is 1. The second kappa shape index (κ2) is 9.32. The Morgan fingerprint density at radius 2 is 1.68 bits per heavy atom. The number of nitrogens with one attached hydrogen (secondary N) is 1. The molecule has 0 aliphatic heterocycles. The van der Waals surface area contributed by atoms with Gasteiger partial charge in [-0.15, -0.1) is 0 Å². The standard InChI is InChI=1S/C24H27N3O3S/c1-17-4-9-22(10-5-17)27-18(2)16-21(19(27)3)8-13-24(28)26-15-14-20-6-11-23(12-7-20)31(25,29)30/h4-13,16H,14-15H2,1-3H3,(H,26,28)(H2,25,29,30)/b13-8+. The van der Waals surface area contributed by atoms with Gasteiger partial charge in [0.05, 0.1) is 4.90 Å². The molecule has 3 N–H and O–H groups in total. The summed E-state index contributed by atoms with van der Waals surface area (Å²) in [6, 6.07) is 16.7. The van der Waals surface area contributed by atoms with Gasteiger partial charge in [-0.1, -0.05) is 29.8 Å². The number of benzene rings is 2. The summed E-state index contributed by atoms with van der Waals surface area (Å²) in [5.74, 6) is -0.179.